The van der Waals surface area contributed by atoms with E-state index in [0.29, 0.717) is 11.2 Å². The van der Waals surface area contributed by atoms with Crippen molar-refractivity contribution in [2.75, 3.05) is 0 Å². The molecule has 0 bridgehead atoms. The number of aromatic nitrogens is 2. The van der Waals surface area contributed by atoms with Gasteiger partial charge < -0.3 is 0 Å². The maximum atomic E-state index is 12.7. The molecule has 0 aliphatic rings. The van der Waals surface area contributed by atoms with Crippen molar-refractivity contribution in [3.8, 4) is 5.69 Å². The highest BCUT2D eigenvalue weighted by molar-refractivity contribution is 9.10. The van der Waals surface area contributed by atoms with Crippen LogP contribution < -0.4 is 5.56 Å². The predicted molar refractivity (Wildman–Crippen MR) is 84.5 cm³/mol. The normalized spacial score (nSPS) is 10.9. The molecule has 0 amide bonds. The molecule has 0 saturated carbocycles. The minimum atomic E-state index is -0.0438. The molecule has 0 saturated heterocycles. The summed E-state index contributed by atoms with van der Waals surface area (Å²) < 4.78 is 2.53. The Morgan fingerprint density at radius 2 is 1.85 bits per heavy atom. The zero-order valence-electron chi connectivity index (χ0n) is 11.2. The summed E-state index contributed by atoms with van der Waals surface area (Å²) in [5, 5.41) is 0.630. The minimum Gasteiger partial charge on any atom is -0.268 e. The Morgan fingerprint density at radius 1 is 1.10 bits per heavy atom. The molecular weight excluding hydrogens is 316 g/mol. The summed E-state index contributed by atoms with van der Waals surface area (Å²) in [5.41, 5.74) is 2.64. The Balaban J connectivity index is 2.39. The molecule has 3 nitrogen and oxygen atoms in total. The van der Waals surface area contributed by atoms with Crippen molar-refractivity contribution in [2.24, 2.45) is 0 Å². The zero-order chi connectivity index (χ0) is 14.3. The van der Waals surface area contributed by atoms with Crippen LogP contribution in [0.15, 0.2) is 51.7 Å². The standard InChI is InChI=1S/C16H13BrN2O/c1-10-7-8-15(13(17)9-10)19-11(2)18-14-6-4-3-5-12(14)16(19)20/h3-9H,1-2H3. The third-order valence-electron chi connectivity index (χ3n) is 3.29. The second-order valence-electron chi connectivity index (χ2n) is 4.77. The number of fused-ring (bicyclic) bond motifs is 1. The van der Waals surface area contributed by atoms with Gasteiger partial charge in [0.15, 0.2) is 0 Å². The predicted octanol–water partition coefficient (Wildman–Crippen LogP) is 3.77. The number of hydrogen-bond acceptors (Lipinski definition) is 2. The first-order valence-corrected chi connectivity index (χ1v) is 7.12. The van der Waals surface area contributed by atoms with Crippen molar-refractivity contribution in [3.63, 3.8) is 0 Å². The highest BCUT2D eigenvalue weighted by Gasteiger charge is 2.11. The highest BCUT2D eigenvalue weighted by atomic mass is 79.9. The molecule has 0 radical (unpaired) electrons. The number of nitrogens with zero attached hydrogens (tertiary/aromatic N) is 2. The first-order valence-electron chi connectivity index (χ1n) is 6.33. The maximum Gasteiger partial charge on any atom is 0.265 e. The van der Waals surface area contributed by atoms with Crippen LogP contribution in [0, 0.1) is 13.8 Å². The van der Waals surface area contributed by atoms with E-state index in [2.05, 4.69) is 20.9 Å². The van der Waals surface area contributed by atoms with Crippen LogP contribution in [-0.4, -0.2) is 9.55 Å². The molecule has 0 unspecified atom stereocenters. The molecule has 0 fully saturated rings. The summed E-state index contributed by atoms with van der Waals surface area (Å²) in [7, 11) is 0. The summed E-state index contributed by atoms with van der Waals surface area (Å²) in [6, 6.07) is 13.3. The number of halogens is 1. The van der Waals surface area contributed by atoms with E-state index in [1.54, 1.807) is 4.57 Å². The molecule has 0 spiro atoms. The molecular formula is C16H13BrN2O. The van der Waals surface area contributed by atoms with E-state index in [1.807, 2.05) is 56.3 Å². The van der Waals surface area contributed by atoms with Gasteiger partial charge in [-0.05, 0) is 59.6 Å². The smallest absolute Gasteiger partial charge is 0.265 e. The van der Waals surface area contributed by atoms with Crippen molar-refractivity contribution in [3.05, 3.63) is 68.7 Å². The lowest BCUT2D eigenvalue weighted by atomic mass is 10.2. The van der Waals surface area contributed by atoms with Gasteiger partial charge in [-0.2, -0.15) is 0 Å². The topological polar surface area (TPSA) is 34.9 Å². The lowest BCUT2D eigenvalue weighted by Gasteiger charge is -2.12. The summed E-state index contributed by atoms with van der Waals surface area (Å²) in [5.74, 6) is 0.679. The van der Waals surface area contributed by atoms with Crippen LogP contribution in [0.25, 0.3) is 16.6 Å². The molecule has 1 heterocycles. The number of hydrogen-bond donors (Lipinski definition) is 0. The highest BCUT2D eigenvalue weighted by Crippen LogP contribution is 2.22. The van der Waals surface area contributed by atoms with Gasteiger partial charge in [-0.3, -0.25) is 9.36 Å². The Bertz CT molecular complexity index is 868. The Labute approximate surface area is 125 Å². The van der Waals surface area contributed by atoms with Gasteiger partial charge in [-0.15, -0.1) is 0 Å². The second kappa shape index (κ2) is 4.87. The Hall–Kier alpha value is -1.94. The number of benzene rings is 2. The third-order valence-corrected chi connectivity index (χ3v) is 3.92. The first-order chi connectivity index (χ1) is 9.58. The Kier molecular flexibility index (Phi) is 3.18. The van der Waals surface area contributed by atoms with E-state index in [9.17, 15) is 4.79 Å². The van der Waals surface area contributed by atoms with Gasteiger partial charge in [0.1, 0.15) is 5.82 Å². The number of rotatable bonds is 1. The van der Waals surface area contributed by atoms with E-state index in [0.717, 1.165) is 21.2 Å². The fourth-order valence-corrected chi connectivity index (χ4v) is 2.99. The maximum absolute atomic E-state index is 12.7. The molecule has 1 aromatic heterocycles. The molecule has 0 N–H and O–H groups in total. The fourth-order valence-electron chi connectivity index (χ4n) is 2.32. The van der Waals surface area contributed by atoms with Gasteiger partial charge in [0.2, 0.25) is 0 Å². The Morgan fingerprint density at radius 3 is 2.60 bits per heavy atom. The van der Waals surface area contributed by atoms with E-state index < -0.39 is 0 Å². The molecule has 0 atom stereocenters. The van der Waals surface area contributed by atoms with Crippen LogP contribution in [0.5, 0.6) is 0 Å². The molecule has 100 valence electrons. The van der Waals surface area contributed by atoms with Crippen LogP contribution >= 0.6 is 15.9 Å². The van der Waals surface area contributed by atoms with Crippen molar-refractivity contribution in [1.82, 2.24) is 9.55 Å². The SMILES string of the molecule is Cc1ccc(-n2c(C)nc3ccccc3c2=O)c(Br)c1. The largest absolute Gasteiger partial charge is 0.268 e. The van der Waals surface area contributed by atoms with E-state index in [-0.39, 0.29) is 5.56 Å². The molecule has 4 heteroatoms. The molecule has 20 heavy (non-hydrogen) atoms. The average Bonchev–Trinajstić information content (AvgIpc) is 2.41. The van der Waals surface area contributed by atoms with Gasteiger partial charge in [-0.1, -0.05) is 18.2 Å². The van der Waals surface area contributed by atoms with Crippen molar-refractivity contribution in [1.29, 1.82) is 0 Å². The van der Waals surface area contributed by atoms with Gasteiger partial charge in [0.05, 0.1) is 16.6 Å². The average molecular weight is 329 g/mol. The third kappa shape index (κ3) is 2.06. The summed E-state index contributed by atoms with van der Waals surface area (Å²) in [4.78, 5) is 17.2. The van der Waals surface area contributed by atoms with Gasteiger partial charge in [0, 0.05) is 4.47 Å². The number of para-hydroxylation sites is 1. The van der Waals surface area contributed by atoms with E-state index in [1.165, 1.54) is 0 Å². The molecule has 0 aliphatic carbocycles. The second-order valence-corrected chi connectivity index (χ2v) is 5.63. The van der Waals surface area contributed by atoms with Crippen LogP contribution in [0.1, 0.15) is 11.4 Å². The van der Waals surface area contributed by atoms with Crippen LogP contribution in [0.4, 0.5) is 0 Å². The minimum absolute atomic E-state index is 0.0438. The monoisotopic (exact) mass is 328 g/mol. The van der Waals surface area contributed by atoms with Crippen molar-refractivity contribution in [2.45, 2.75) is 13.8 Å². The van der Waals surface area contributed by atoms with Crippen LogP contribution in [0.2, 0.25) is 0 Å². The van der Waals surface area contributed by atoms with Crippen LogP contribution in [0.3, 0.4) is 0 Å². The molecule has 3 rings (SSSR count). The van der Waals surface area contributed by atoms with Gasteiger partial charge >= 0.3 is 0 Å². The number of aryl methyl sites for hydroxylation is 2. The van der Waals surface area contributed by atoms with Crippen molar-refractivity contribution < 1.29 is 0 Å². The van der Waals surface area contributed by atoms with Crippen LogP contribution in [-0.2, 0) is 0 Å². The summed E-state index contributed by atoms with van der Waals surface area (Å²) in [6.07, 6.45) is 0. The van der Waals surface area contributed by atoms with Gasteiger partial charge in [-0.25, -0.2) is 4.98 Å². The van der Waals surface area contributed by atoms with E-state index in [4.69, 9.17) is 0 Å². The fraction of sp³-hybridized carbons (Fsp3) is 0.125. The molecule has 0 aliphatic heterocycles. The quantitative estimate of drug-likeness (QED) is 0.681. The van der Waals surface area contributed by atoms with Crippen molar-refractivity contribution >= 4 is 26.8 Å². The summed E-state index contributed by atoms with van der Waals surface area (Å²) >= 11 is 3.53. The lowest BCUT2D eigenvalue weighted by molar-refractivity contribution is 0.890. The summed E-state index contributed by atoms with van der Waals surface area (Å²) in [6.45, 7) is 3.86. The zero-order valence-corrected chi connectivity index (χ0v) is 12.8. The first kappa shape index (κ1) is 13.1. The molecule has 2 aromatic carbocycles. The molecule has 3 aromatic rings. The van der Waals surface area contributed by atoms with Gasteiger partial charge in [0.25, 0.3) is 5.56 Å². The van der Waals surface area contributed by atoms with E-state index >= 15 is 0 Å². The lowest BCUT2D eigenvalue weighted by Crippen LogP contribution is -2.22.